The third-order valence-electron chi connectivity index (χ3n) is 3.52. The van der Waals surface area contributed by atoms with E-state index in [1.165, 1.54) is 0 Å². The van der Waals surface area contributed by atoms with Crippen molar-refractivity contribution in [3.05, 3.63) is 24.3 Å². The molecule has 1 fully saturated rings. The second kappa shape index (κ2) is 4.04. The van der Waals surface area contributed by atoms with Gasteiger partial charge in [-0.05, 0) is 31.4 Å². The lowest BCUT2D eigenvalue weighted by molar-refractivity contribution is -0.122. The summed E-state index contributed by atoms with van der Waals surface area (Å²) in [6.07, 6.45) is 2.20. The predicted molar refractivity (Wildman–Crippen MR) is 63.1 cm³/mol. The van der Waals surface area contributed by atoms with Crippen LogP contribution in [0.15, 0.2) is 24.3 Å². The molecular weight excluding hydrogens is 218 g/mol. The van der Waals surface area contributed by atoms with E-state index in [0.29, 0.717) is 0 Å². The van der Waals surface area contributed by atoms with Crippen LogP contribution in [-0.4, -0.2) is 29.8 Å². The molecule has 4 nitrogen and oxygen atoms in total. The Balaban J connectivity index is 2.00. The minimum absolute atomic E-state index is 0.0605. The molecule has 1 amide bonds. The lowest BCUT2D eigenvalue weighted by Crippen LogP contribution is -2.48. The molecule has 1 N–H and O–H groups in total. The first-order valence-corrected chi connectivity index (χ1v) is 5.99. The fourth-order valence-corrected chi connectivity index (χ4v) is 2.71. The van der Waals surface area contributed by atoms with Crippen molar-refractivity contribution < 1.29 is 14.6 Å². The molecule has 1 aliphatic carbocycles. The molecule has 1 heterocycles. The molecule has 2 atom stereocenters. The highest BCUT2D eigenvalue weighted by molar-refractivity contribution is 5.98. The number of amides is 1. The van der Waals surface area contributed by atoms with E-state index in [1.807, 2.05) is 24.3 Å². The number of aliphatic hydroxyl groups excluding tert-OH is 1. The third-order valence-corrected chi connectivity index (χ3v) is 3.52. The fraction of sp³-hybridized carbons (Fsp3) is 0.462. The van der Waals surface area contributed by atoms with E-state index in [0.717, 1.165) is 30.7 Å². The number of fused-ring (bicyclic) bond motifs is 1. The maximum absolute atomic E-state index is 12.0. The second-order valence-electron chi connectivity index (χ2n) is 4.59. The summed E-state index contributed by atoms with van der Waals surface area (Å²) in [5.41, 5.74) is 0.787. The van der Waals surface area contributed by atoms with Crippen molar-refractivity contribution in [1.82, 2.24) is 0 Å². The molecule has 0 saturated heterocycles. The summed E-state index contributed by atoms with van der Waals surface area (Å²) in [6, 6.07) is 7.41. The number of anilines is 1. The summed E-state index contributed by atoms with van der Waals surface area (Å²) in [6.45, 7) is 0.0697. The van der Waals surface area contributed by atoms with Gasteiger partial charge in [0.25, 0.3) is 5.91 Å². The Hall–Kier alpha value is -1.55. The zero-order chi connectivity index (χ0) is 11.8. The van der Waals surface area contributed by atoms with Crippen LogP contribution in [0.3, 0.4) is 0 Å². The molecule has 1 aromatic carbocycles. The normalized spacial score (nSPS) is 27.8. The number of benzene rings is 1. The first-order valence-electron chi connectivity index (χ1n) is 5.99. The van der Waals surface area contributed by atoms with E-state index >= 15 is 0 Å². The van der Waals surface area contributed by atoms with Crippen molar-refractivity contribution in [1.29, 1.82) is 0 Å². The van der Waals surface area contributed by atoms with Crippen LogP contribution in [0.4, 0.5) is 5.69 Å². The molecule has 1 aliphatic heterocycles. The zero-order valence-electron chi connectivity index (χ0n) is 9.50. The molecule has 1 aromatic rings. The van der Waals surface area contributed by atoms with E-state index in [4.69, 9.17) is 4.74 Å². The zero-order valence-corrected chi connectivity index (χ0v) is 9.50. The number of carbonyl (C=O) groups excluding carboxylic acids is 1. The van der Waals surface area contributed by atoms with E-state index in [2.05, 4.69) is 0 Å². The average molecular weight is 233 g/mol. The van der Waals surface area contributed by atoms with Crippen LogP contribution >= 0.6 is 0 Å². The Kier molecular flexibility index (Phi) is 2.52. The summed E-state index contributed by atoms with van der Waals surface area (Å²) >= 11 is 0. The van der Waals surface area contributed by atoms with Crippen LogP contribution in [-0.2, 0) is 4.79 Å². The molecule has 0 spiro atoms. The predicted octanol–water partition coefficient (Wildman–Crippen LogP) is 1.33. The van der Waals surface area contributed by atoms with Crippen LogP contribution in [0.2, 0.25) is 0 Å². The highest BCUT2D eigenvalue weighted by Gasteiger charge is 2.37. The summed E-state index contributed by atoms with van der Waals surface area (Å²) in [7, 11) is 0. The molecule has 0 aromatic heterocycles. The Morgan fingerprint density at radius 3 is 2.88 bits per heavy atom. The van der Waals surface area contributed by atoms with Gasteiger partial charge in [0.2, 0.25) is 0 Å². The molecule has 17 heavy (non-hydrogen) atoms. The van der Waals surface area contributed by atoms with Gasteiger partial charge in [0, 0.05) is 0 Å². The number of hydrogen-bond acceptors (Lipinski definition) is 3. The lowest BCUT2D eigenvalue weighted by Gasteiger charge is -2.35. The summed E-state index contributed by atoms with van der Waals surface area (Å²) < 4.78 is 5.39. The first-order chi connectivity index (χ1) is 8.27. The first kappa shape index (κ1) is 10.6. The summed E-state index contributed by atoms with van der Waals surface area (Å²) in [5.74, 6) is 0.667. The molecule has 0 radical (unpaired) electrons. The molecular formula is C13H15NO3. The topological polar surface area (TPSA) is 49.8 Å². The number of hydrogen-bond donors (Lipinski definition) is 1. The van der Waals surface area contributed by atoms with Gasteiger partial charge in [0.05, 0.1) is 17.8 Å². The summed E-state index contributed by atoms with van der Waals surface area (Å²) in [5, 5.41) is 9.95. The number of aliphatic hydroxyl groups is 1. The molecule has 2 aliphatic rings. The smallest absolute Gasteiger partial charge is 0.265 e. The van der Waals surface area contributed by atoms with Gasteiger partial charge in [0.1, 0.15) is 5.75 Å². The van der Waals surface area contributed by atoms with E-state index in [1.54, 1.807) is 4.90 Å². The van der Waals surface area contributed by atoms with E-state index in [9.17, 15) is 9.90 Å². The average Bonchev–Trinajstić information content (AvgIpc) is 2.75. The molecule has 1 saturated carbocycles. The van der Waals surface area contributed by atoms with Gasteiger partial charge in [0.15, 0.2) is 6.61 Å². The van der Waals surface area contributed by atoms with Crippen LogP contribution in [0, 0.1) is 0 Å². The van der Waals surface area contributed by atoms with E-state index < -0.39 is 6.10 Å². The molecule has 90 valence electrons. The number of para-hydroxylation sites is 2. The minimum atomic E-state index is -0.412. The van der Waals surface area contributed by atoms with Gasteiger partial charge >= 0.3 is 0 Å². The molecule has 0 unspecified atom stereocenters. The number of nitrogens with zero attached hydrogens (tertiary/aromatic N) is 1. The van der Waals surface area contributed by atoms with Gasteiger partial charge < -0.3 is 14.7 Å². The standard InChI is InChI=1S/C13H15NO3/c15-11-6-3-5-9(11)14-10-4-1-2-7-12(10)17-8-13(14)16/h1-2,4,7,9,11,15H,3,5-6,8H2/t9-,11-/m0/s1. The van der Waals surface area contributed by atoms with Gasteiger partial charge in [-0.1, -0.05) is 12.1 Å². The fourth-order valence-electron chi connectivity index (χ4n) is 2.71. The van der Waals surface area contributed by atoms with Gasteiger partial charge in [-0.25, -0.2) is 0 Å². The Morgan fingerprint density at radius 2 is 2.12 bits per heavy atom. The Morgan fingerprint density at radius 1 is 1.29 bits per heavy atom. The van der Waals surface area contributed by atoms with Crippen LogP contribution in [0.5, 0.6) is 5.75 Å². The highest BCUT2D eigenvalue weighted by atomic mass is 16.5. The maximum atomic E-state index is 12.0. The minimum Gasteiger partial charge on any atom is -0.482 e. The van der Waals surface area contributed by atoms with Gasteiger partial charge in [-0.15, -0.1) is 0 Å². The molecule has 0 bridgehead atoms. The Bertz CT molecular complexity index is 446. The van der Waals surface area contributed by atoms with Crippen molar-refractivity contribution >= 4 is 11.6 Å². The second-order valence-corrected chi connectivity index (χ2v) is 4.59. The van der Waals surface area contributed by atoms with Crippen LogP contribution in [0.1, 0.15) is 19.3 Å². The van der Waals surface area contributed by atoms with Crippen molar-refractivity contribution in [2.24, 2.45) is 0 Å². The maximum Gasteiger partial charge on any atom is 0.265 e. The number of carbonyl (C=O) groups is 1. The summed E-state index contributed by atoms with van der Waals surface area (Å²) in [4.78, 5) is 13.7. The lowest BCUT2D eigenvalue weighted by atomic mass is 10.1. The largest absolute Gasteiger partial charge is 0.482 e. The quantitative estimate of drug-likeness (QED) is 0.796. The van der Waals surface area contributed by atoms with Crippen molar-refractivity contribution in [3.8, 4) is 5.75 Å². The van der Waals surface area contributed by atoms with Crippen molar-refractivity contribution in [3.63, 3.8) is 0 Å². The molecule has 4 heteroatoms. The van der Waals surface area contributed by atoms with Gasteiger partial charge in [-0.2, -0.15) is 0 Å². The van der Waals surface area contributed by atoms with Crippen molar-refractivity contribution in [2.75, 3.05) is 11.5 Å². The number of rotatable bonds is 1. The van der Waals surface area contributed by atoms with E-state index in [-0.39, 0.29) is 18.6 Å². The molecule has 3 rings (SSSR count). The monoisotopic (exact) mass is 233 g/mol. The van der Waals surface area contributed by atoms with Gasteiger partial charge in [-0.3, -0.25) is 4.79 Å². The third kappa shape index (κ3) is 1.69. The Labute approximate surface area is 99.8 Å². The highest BCUT2D eigenvalue weighted by Crippen LogP contribution is 2.36. The van der Waals surface area contributed by atoms with Crippen LogP contribution in [0.25, 0.3) is 0 Å². The van der Waals surface area contributed by atoms with Crippen molar-refractivity contribution in [2.45, 2.75) is 31.4 Å². The van der Waals surface area contributed by atoms with Crippen LogP contribution < -0.4 is 9.64 Å². The number of ether oxygens (including phenoxy) is 1. The SMILES string of the molecule is O=C1COc2ccccc2N1[C@H]1CCC[C@@H]1O.